The number of aliphatic hydroxyl groups is 2. The van der Waals surface area contributed by atoms with E-state index >= 15 is 0 Å². The normalized spacial score (nSPS) is 45.6. The first-order chi connectivity index (χ1) is 7.91. The quantitative estimate of drug-likeness (QED) is 0.739. The second kappa shape index (κ2) is 4.40. The number of aliphatic hydroxyl groups excluding tert-OH is 1. The maximum Gasteiger partial charge on any atom is 0.0703 e. The van der Waals surface area contributed by atoms with Gasteiger partial charge < -0.3 is 10.2 Å². The van der Waals surface area contributed by atoms with E-state index in [1.54, 1.807) is 0 Å². The number of rotatable bonds is 4. The lowest BCUT2D eigenvalue weighted by atomic mass is 9.63. The van der Waals surface area contributed by atoms with Gasteiger partial charge in [0.2, 0.25) is 0 Å². The molecule has 2 nitrogen and oxygen atoms in total. The highest BCUT2D eigenvalue weighted by Crippen LogP contribution is 2.63. The van der Waals surface area contributed by atoms with E-state index in [0.717, 1.165) is 18.4 Å². The van der Waals surface area contributed by atoms with Gasteiger partial charge in [-0.3, -0.25) is 0 Å². The van der Waals surface area contributed by atoms with E-state index in [0.29, 0.717) is 11.8 Å². The van der Waals surface area contributed by atoms with E-state index in [4.69, 9.17) is 5.11 Å². The zero-order valence-electron chi connectivity index (χ0n) is 11.4. The molecule has 0 radical (unpaired) electrons. The van der Waals surface area contributed by atoms with Gasteiger partial charge in [0.05, 0.1) is 12.2 Å². The number of allylic oxidation sites excluding steroid dienone is 1. The molecule has 0 spiro atoms. The minimum absolute atomic E-state index is 0.0716. The molecule has 2 aliphatic rings. The average molecular weight is 238 g/mol. The molecule has 0 aromatic carbocycles. The van der Waals surface area contributed by atoms with Crippen LogP contribution in [0.1, 0.15) is 52.9 Å². The third kappa shape index (κ3) is 1.96. The second-order valence-electron chi connectivity index (χ2n) is 6.52. The van der Waals surface area contributed by atoms with Gasteiger partial charge >= 0.3 is 0 Å². The first-order valence-electron chi connectivity index (χ1n) is 6.90. The van der Waals surface area contributed by atoms with Gasteiger partial charge in [0, 0.05) is 0 Å². The molecule has 0 saturated heterocycles. The van der Waals surface area contributed by atoms with Crippen LogP contribution in [0.2, 0.25) is 0 Å². The molecule has 2 aliphatic carbocycles. The number of fused-ring (bicyclic) bond motifs is 2. The topological polar surface area (TPSA) is 40.5 Å². The Morgan fingerprint density at radius 1 is 1.29 bits per heavy atom. The van der Waals surface area contributed by atoms with E-state index < -0.39 is 5.60 Å². The lowest BCUT2D eigenvalue weighted by Gasteiger charge is -2.46. The SMILES string of the molecule is C/C(=C/CC[C@]1(C)[C@H]2CC[C@H](C2)[C@]1(C)O)CO. The Morgan fingerprint density at radius 2 is 1.94 bits per heavy atom. The zero-order chi connectivity index (χ0) is 12.7. The van der Waals surface area contributed by atoms with Crippen molar-refractivity contribution in [3.8, 4) is 0 Å². The third-order valence-electron chi connectivity index (χ3n) is 5.69. The average Bonchev–Trinajstić information content (AvgIpc) is 2.82. The highest BCUT2D eigenvalue weighted by molar-refractivity contribution is 5.12. The van der Waals surface area contributed by atoms with E-state index in [-0.39, 0.29) is 12.0 Å². The van der Waals surface area contributed by atoms with Crippen LogP contribution < -0.4 is 0 Å². The summed E-state index contributed by atoms with van der Waals surface area (Å²) in [6.45, 7) is 6.42. The molecule has 17 heavy (non-hydrogen) atoms. The Bertz CT molecular complexity index is 319. The van der Waals surface area contributed by atoms with Gasteiger partial charge in [-0.05, 0) is 63.2 Å². The second-order valence-corrected chi connectivity index (χ2v) is 6.52. The maximum absolute atomic E-state index is 10.8. The van der Waals surface area contributed by atoms with Gasteiger partial charge in [0.15, 0.2) is 0 Å². The molecule has 2 N–H and O–H groups in total. The first-order valence-corrected chi connectivity index (χ1v) is 6.90. The van der Waals surface area contributed by atoms with Crippen molar-refractivity contribution >= 4 is 0 Å². The molecular formula is C15H26O2. The van der Waals surface area contributed by atoms with Crippen LogP contribution in [-0.2, 0) is 0 Å². The molecule has 0 heterocycles. The Kier molecular flexibility index (Phi) is 3.39. The summed E-state index contributed by atoms with van der Waals surface area (Å²) in [5.41, 5.74) is 0.621. The maximum atomic E-state index is 10.8. The van der Waals surface area contributed by atoms with Crippen LogP contribution >= 0.6 is 0 Å². The van der Waals surface area contributed by atoms with Gasteiger partial charge in [-0.25, -0.2) is 0 Å². The Hall–Kier alpha value is -0.340. The molecule has 2 bridgehead atoms. The van der Waals surface area contributed by atoms with Gasteiger partial charge in [-0.2, -0.15) is 0 Å². The Morgan fingerprint density at radius 3 is 2.47 bits per heavy atom. The molecule has 2 saturated carbocycles. The van der Waals surface area contributed by atoms with Crippen molar-refractivity contribution in [1.82, 2.24) is 0 Å². The van der Waals surface area contributed by atoms with Crippen LogP contribution in [0.4, 0.5) is 0 Å². The summed E-state index contributed by atoms with van der Waals surface area (Å²) in [6.07, 6.45) is 7.85. The minimum Gasteiger partial charge on any atom is -0.392 e. The largest absolute Gasteiger partial charge is 0.392 e. The Labute approximate surface area is 105 Å². The fourth-order valence-electron chi connectivity index (χ4n) is 4.09. The molecule has 98 valence electrons. The molecule has 0 aromatic rings. The highest BCUT2D eigenvalue weighted by Gasteiger charge is 2.61. The van der Waals surface area contributed by atoms with Crippen LogP contribution in [-0.4, -0.2) is 22.4 Å². The van der Waals surface area contributed by atoms with Crippen molar-refractivity contribution in [2.45, 2.75) is 58.5 Å². The van der Waals surface area contributed by atoms with Crippen molar-refractivity contribution < 1.29 is 10.2 Å². The van der Waals surface area contributed by atoms with E-state index in [1.807, 2.05) is 13.8 Å². The van der Waals surface area contributed by atoms with Crippen molar-refractivity contribution in [2.24, 2.45) is 17.3 Å². The van der Waals surface area contributed by atoms with E-state index in [2.05, 4.69) is 13.0 Å². The fourth-order valence-corrected chi connectivity index (χ4v) is 4.09. The highest BCUT2D eigenvalue weighted by atomic mass is 16.3. The number of hydrogen-bond donors (Lipinski definition) is 2. The van der Waals surface area contributed by atoms with Crippen molar-refractivity contribution in [1.29, 1.82) is 0 Å². The van der Waals surface area contributed by atoms with Crippen LogP contribution in [0.25, 0.3) is 0 Å². The summed E-state index contributed by atoms with van der Waals surface area (Å²) in [5, 5.41) is 19.7. The summed E-state index contributed by atoms with van der Waals surface area (Å²) in [5.74, 6) is 1.21. The summed E-state index contributed by atoms with van der Waals surface area (Å²) in [4.78, 5) is 0. The zero-order valence-corrected chi connectivity index (χ0v) is 11.4. The molecular weight excluding hydrogens is 212 g/mol. The van der Waals surface area contributed by atoms with Crippen molar-refractivity contribution in [3.63, 3.8) is 0 Å². The molecule has 2 heteroatoms. The number of hydrogen-bond acceptors (Lipinski definition) is 2. The lowest BCUT2D eigenvalue weighted by molar-refractivity contribution is -0.104. The summed E-state index contributed by atoms with van der Waals surface area (Å²) >= 11 is 0. The van der Waals surface area contributed by atoms with Crippen LogP contribution in [0, 0.1) is 17.3 Å². The summed E-state index contributed by atoms with van der Waals surface area (Å²) < 4.78 is 0. The van der Waals surface area contributed by atoms with Crippen molar-refractivity contribution in [3.05, 3.63) is 11.6 Å². The standard InChI is InChI=1S/C15H26O2/c1-11(10-16)5-4-8-14(2)12-6-7-13(9-12)15(14,3)17/h5,12-13,16-17H,4,6-10H2,1-3H3/b11-5-/t12-,13+,14+,15-/m0/s1. The van der Waals surface area contributed by atoms with Gasteiger partial charge in [0.1, 0.15) is 0 Å². The first kappa shape index (κ1) is 13.1. The summed E-state index contributed by atoms with van der Waals surface area (Å²) in [6, 6.07) is 0. The summed E-state index contributed by atoms with van der Waals surface area (Å²) in [7, 11) is 0. The minimum atomic E-state index is -0.489. The lowest BCUT2D eigenvalue weighted by Crippen LogP contribution is -2.48. The molecule has 4 atom stereocenters. The van der Waals surface area contributed by atoms with Crippen molar-refractivity contribution in [2.75, 3.05) is 6.61 Å². The van der Waals surface area contributed by atoms with Gasteiger partial charge in [-0.15, -0.1) is 0 Å². The van der Waals surface area contributed by atoms with E-state index in [1.165, 1.54) is 19.3 Å². The van der Waals surface area contributed by atoms with E-state index in [9.17, 15) is 5.11 Å². The molecule has 2 fully saturated rings. The molecule has 0 amide bonds. The predicted molar refractivity (Wildman–Crippen MR) is 69.6 cm³/mol. The molecule has 0 aliphatic heterocycles. The smallest absolute Gasteiger partial charge is 0.0703 e. The van der Waals surface area contributed by atoms with Gasteiger partial charge in [0.25, 0.3) is 0 Å². The molecule has 0 aromatic heterocycles. The van der Waals surface area contributed by atoms with Crippen LogP contribution in [0.5, 0.6) is 0 Å². The monoisotopic (exact) mass is 238 g/mol. The van der Waals surface area contributed by atoms with Gasteiger partial charge in [-0.1, -0.05) is 18.6 Å². The van der Waals surface area contributed by atoms with Crippen LogP contribution in [0.15, 0.2) is 11.6 Å². The fraction of sp³-hybridized carbons (Fsp3) is 0.867. The van der Waals surface area contributed by atoms with Crippen LogP contribution in [0.3, 0.4) is 0 Å². The Balaban J connectivity index is 2.04. The molecule has 2 rings (SSSR count). The molecule has 0 unspecified atom stereocenters. The predicted octanol–water partition coefficient (Wildman–Crippen LogP) is 2.89. The third-order valence-corrected chi connectivity index (χ3v) is 5.69.